The summed E-state index contributed by atoms with van der Waals surface area (Å²) in [5.74, 6) is -1.44. The van der Waals surface area contributed by atoms with Crippen molar-refractivity contribution < 1.29 is 40.2 Å². The number of rotatable bonds is 12. The number of aliphatic hydroxyl groups excluding tert-OH is 5. The minimum atomic E-state index is -1.35. The Bertz CT molecular complexity index is 2190. The molecule has 1 spiro atoms. The fourth-order valence-corrected chi connectivity index (χ4v) is 11.6. The van der Waals surface area contributed by atoms with Crippen LogP contribution in [0.2, 0.25) is 0 Å². The fourth-order valence-electron chi connectivity index (χ4n) is 11.6. The number of fused-ring (bicyclic) bond motifs is 4. The number of carbonyl (C=O) groups excluding carboxylic acids is 2. The van der Waals surface area contributed by atoms with Gasteiger partial charge in [0.1, 0.15) is 12.2 Å². The number of Topliss-reactive ketones (excluding diaryl/α,β-unsaturated/α-hetero) is 1. The molecule has 10 unspecified atom stereocenters. The van der Waals surface area contributed by atoms with Gasteiger partial charge in [-0.05, 0) is 162 Å². The van der Waals surface area contributed by atoms with Crippen LogP contribution in [0.4, 0.5) is 0 Å². The number of β-amino-alcohol motifs (C(OH)–C–C–N with tert-alkyl or cyclic N) is 1. The van der Waals surface area contributed by atoms with E-state index in [0.717, 1.165) is 41.7 Å². The van der Waals surface area contributed by atoms with Crippen molar-refractivity contribution in [3.05, 3.63) is 129 Å². The molecule has 0 saturated heterocycles. The van der Waals surface area contributed by atoms with Crippen molar-refractivity contribution in [1.82, 2.24) is 16.0 Å². The Morgan fingerprint density at radius 1 is 0.985 bits per heavy atom. The highest BCUT2D eigenvalue weighted by molar-refractivity contribution is 5.98. The van der Waals surface area contributed by atoms with Crippen LogP contribution >= 0.6 is 0 Å². The van der Waals surface area contributed by atoms with Crippen LogP contribution in [0.5, 0.6) is 0 Å². The molecule has 1 amide bonds. The van der Waals surface area contributed by atoms with Crippen molar-refractivity contribution in [2.24, 2.45) is 23.0 Å². The third-order valence-electron chi connectivity index (χ3n) is 15.4. The van der Waals surface area contributed by atoms with Gasteiger partial charge in [-0.15, -0.1) is 0 Å². The van der Waals surface area contributed by atoms with Gasteiger partial charge in [0, 0.05) is 36.9 Å². The van der Waals surface area contributed by atoms with E-state index in [1.807, 2.05) is 61.5 Å². The van der Waals surface area contributed by atoms with E-state index in [2.05, 4.69) is 48.5 Å². The second kappa shape index (κ2) is 23.5. The molecule has 2 fully saturated rings. The van der Waals surface area contributed by atoms with Crippen LogP contribution in [-0.4, -0.2) is 98.6 Å². The first-order valence-corrected chi connectivity index (χ1v) is 24.6. The molecule has 4 aliphatic rings. The summed E-state index contributed by atoms with van der Waals surface area (Å²) >= 11 is 0. The molecular weight excluding hydrogens is 845 g/mol. The zero-order valence-electron chi connectivity index (χ0n) is 40.3. The number of ketones is 1. The number of hydrogen-bond donors (Lipinski definition) is 10. The SMILES string of the molecule is C=C(C=CC=C(CO)C1CCC2(C3CCC(O)Cc4cccc(c4)CCC(O)CNC4C(=O)NC(N)c5cccc(c54)CC(=O)C(C)=C3CCC2(C)O)C1O)C(CC=C(C)C)NCCCCO. The molecule has 10 atom stereocenters. The maximum absolute atomic E-state index is 14.8. The van der Waals surface area contributed by atoms with Crippen molar-refractivity contribution in [1.29, 1.82) is 0 Å². The van der Waals surface area contributed by atoms with E-state index >= 15 is 0 Å². The molecule has 0 aromatic heterocycles. The third kappa shape index (κ3) is 12.2. The van der Waals surface area contributed by atoms with Gasteiger partial charge in [-0.2, -0.15) is 0 Å². The van der Waals surface area contributed by atoms with Crippen molar-refractivity contribution in [3.8, 4) is 0 Å². The molecule has 12 nitrogen and oxygen atoms in total. The van der Waals surface area contributed by atoms with Crippen LogP contribution in [0.1, 0.15) is 132 Å². The molecule has 2 aliphatic carbocycles. The Balaban J connectivity index is 1.37. The van der Waals surface area contributed by atoms with Crippen molar-refractivity contribution >= 4 is 11.7 Å². The maximum atomic E-state index is 14.8. The lowest BCUT2D eigenvalue weighted by Gasteiger charge is -2.56. The number of allylic oxidation sites excluding steroid dienone is 5. The highest BCUT2D eigenvalue weighted by Gasteiger charge is 2.64. The molecule has 366 valence electrons. The van der Waals surface area contributed by atoms with E-state index in [4.69, 9.17) is 5.73 Å². The Hall–Kier alpha value is -4.08. The maximum Gasteiger partial charge on any atom is 0.243 e. The van der Waals surface area contributed by atoms with Crippen LogP contribution in [0.15, 0.2) is 101 Å². The first kappa shape index (κ1) is 52.3. The predicted molar refractivity (Wildman–Crippen MR) is 264 cm³/mol. The number of nitrogens with one attached hydrogen (secondary N) is 3. The fraction of sp³-hybridized carbons (Fsp3) is 0.564. The molecule has 2 aliphatic heterocycles. The molecule has 2 aromatic rings. The molecular formula is C55H78N4O8. The van der Waals surface area contributed by atoms with Crippen molar-refractivity contribution in [2.75, 3.05) is 26.3 Å². The van der Waals surface area contributed by atoms with Crippen LogP contribution in [-0.2, 0) is 28.9 Å². The monoisotopic (exact) mass is 923 g/mol. The smallest absolute Gasteiger partial charge is 0.243 e. The molecule has 2 heterocycles. The third-order valence-corrected chi connectivity index (χ3v) is 15.4. The van der Waals surface area contributed by atoms with E-state index in [1.54, 1.807) is 6.92 Å². The zero-order chi connectivity index (χ0) is 48.5. The van der Waals surface area contributed by atoms with Gasteiger partial charge in [-0.3, -0.25) is 14.9 Å². The topological polar surface area (TPSA) is 218 Å². The number of benzene rings is 2. The number of nitrogens with two attached hydrogens (primary N) is 1. The summed E-state index contributed by atoms with van der Waals surface area (Å²) in [5.41, 5.74) is 12.1. The van der Waals surface area contributed by atoms with Gasteiger partial charge in [-0.1, -0.05) is 84.5 Å². The zero-order valence-corrected chi connectivity index (χ0v) is 40.3. The second-order valence-corrected chi connectivity index (χ2v) is 20.2. The largest absolute Gasteiger partial charge is 0.396 e. The summed E-state index contributed by atoms with van der Waals surface area (Å²) in [6, 6.07) is 12.7. The minimum Gasteiger partial charge on any atom is -0.396 e. The Morgan fingerprint density at radius 3 is 2.49 bits per heavy atom. The van der Waals surface area contributed by atoms with Gasteiger partial charge in [0.25, 0.3) is 0 Å². The molecule has 0 radical (unpaired) electrons. The summed E-state index contributed by atoms with van der Waals surface area (Å²) in [5, 5.41) is 78.1. The molecule has 11 N–H and O–H groups in total. The van der Waals surface area contributed by atoms with E-state index in [-0.39, 0.29) is 43.9 Å². The van der Waals surface area contributed by atoms with E-state index in [1.165, 1.54) is 5.57 Å². The van der Waals surface area contributed by atoms with Gasteiger partial charge in [0.15, 0.2) is 5.78 Å². The van der Waals surface area contributed by atoms with Crippen molar-refractivity contribution in [3.63, 3.8) is 0 Å². The summed E-state index contributed by atoms with van der Waals surface area (Å²) in [6.45, 7) is 12.8. The van der Waals surface area contributed by atoms with Gasteiger partial charge in [-0.25, -0.2) is 0 Å². The Morgan fingerprint density at radius 2 is 1.75 bits per heavy atom. The highest BCUT2D eigenvalue weighted by Crippen LogP contribution is 2.63. The average molecular weight is 923 g/mol. The number of amides is 1. The standard InChI is InChI=1S/C55H78N4O8/c1-34(2)17-22-47(57-27-6-7-28-60)35(3)11-8-15-40(33-61)44-24-26-55(51(44)65)46-21-20-41(62)30-38-13-9-12-37(29-38)18-19-42(63)32-58-50-49-39(14-10-16-45(49)52(56)59-53(50)66)31-48(64)36(4)43(46)23-25-54(55,5)67/h8-17,29,41-42,44,46-47,50-52,57-58,60-63,65,67H,3,6-7,18-28,30-33,56H2,1-2,4-5H3,(H,59,66). The molecule has 2 aromatic carbocycles. The summed E-state index contributed by atoms with van der Waals surface area (Å²) < 4.78 is 0. The van der Waals surface area contributed by atoms with E-state index in [0.29, 0.717) is 92.0 Å². The molecule has 6 rings (SSSR count). The van der Waals surface area contributed by atoms with Crippen LogP contribution in [0.25, 0.3) is 0 Å². The van der Waals surface area contributed by atoms with E-state index in [9.17, 15) is 40.2 Å². The Kier molecular flexibility index (Phi) is 18.3. The number of aliphatic hydroxyl groups is 6. The average Bonchev–Trinajstić information content (AvgIpc) is 3.63. The van der Waals surface area contributed by atoms with Crippen molar-refractivity contribution in [2.45, 2.75) is 153 Å². The first-order valence-electron chi connectivity index (χ1n) is 24.6. The summed E-state index contributed by atoms with van der Waals surface area (Å²) in [4.78, 5) is 28.3. The Labute approximate surface area is 398 Å². The predicted octanol–water partition coefficient (Wildman–Crippen LogP) is 5.56. The van der Waals surface area contributed by atoms with Crippen LogP contribution in [0, 0.1) is 17.3 Å². The lowest BCUT2D eigenvalue weighted by atomic mass is 9.52. The number of carbonyl (C=O) groups is 2. The number of unbranched alkanes of at least 4 members (excludes halogenated alkanes) is 1. The lowest BCUT2D eigenvalue weighted by Crippen LogP contribution is -2.59. The molecule has 67 heavy (non-hydrogen) atoms. The molecule has 12 heteroatoms. The van der Waals surface area contributed by atoms with E-state index < -0.39 is 53.4 Å². The normalized spacial score (nSPS) is 30.4. The second-order valence-electron chi connectivity index (χ2n) is 20.2. The van der Waals surface area contributed by atoms with Gasteiger partial charge >= 0.3 is 0 Å². The lowest BCUT2D eigenvalue weighted by molar-refractivity contribution is -0.168. The summed E-state index contributed by atoms with van der Waals surface area (Å²) in [6.07, 6.45) is 10.6. The molecule has 2 saturated carbocycles. The van der Waals surface area contributed by atoms with Crippen LogP contribution in [0.3, 0.4) is 0 Å². The van der Waals surface area contributed by atoms with Crippen LogP contribution < -0.4 is 21.7 Å². The highest BCUT2D eigenvalue weighted by atomic mass is 16.3. The first-order chi connectivity index (χ1) is 32.0. The van der Waals surface area contributed by atoms with Gasteiger partial charge in [0.2, 0.25) is 5.91 Å². The molecule has 2 bridgehead atoms. The quantitative estimate of drug-likeness (QED) is 0.0723. The number of hydrogen-bond acceptors (Lipinski definition) is 11. The van der Waals surface area contributed by atoms with Gasteiger partial charge in [0.05, 0.1) is 30.5 Å². The van der Waals surface area contributed by atoms with Gasteiger partial charge < -0.3 is 47.0 Å². The minimum absolute atomic E-state index is 0.0137. The number of aryl methyl sites for hydroxylation is 1. The summed E-state index contributed by atoms with van der Waals surface area (Å²) in [7, 11) is 0.